The maximum absolute atomic E-state index is 5.41. The fourth-order valence-corrected chi connectivity index (χ4v) is 1.59. The van der Waals surface area contributed by atoms with E-state index in [1.165, 1.54) is 0 Å². The van der Waals surface area contributed by atoms with Crippen molar-refractivity contribution in [1.29, 1.82) is 0 Å². The summed E-state index contributed by atoms with van der Waals surface area (Å²) in [6, 6.07) is 0. The van der Waals surface area contributed by atoms with Crippen LogP contribution in [0.2, 0.25) is 0 Å². The molecule has 0 amide bonds. The monoisotopic (exact) mass is 210 g/mol. The maximum atomic E-state index is 5.41. The Morgan fingerprint density at radius 3 is 3.00 bits per heavy atom. The van der Waals surface area contributed by atoms with E-state index in [0.29, 0.717) is 12.5 Å². The average Bonchev–Trinajstić information content (AvgIpc) is 2.79. The van der Waals surface area contributed by atoms with Gasteiger partial charge in [-0.25, -0.2) is 0 Å². The Balaban J connectivity index is 1.52. The minimum atomic E-state index is 0.622. The van der Waals surface area contributed by atoms with E-state index in [1.807, 2.05) is 0 Å². The highest BCUT2D eigenvalue weighted by atomic mass is 16.5. The second kappa shape index (κ2) is 5.72. The van der Waals surface area contributed by atoms with Gasteiger partial charge in [0.05, 0.1) is 26.0 Å². The third-order valence-corrected chi connectivity index (χ3v) is 2.41. The molecule has 0 unspecified atom stereocenters. The van der Waals surface area contributed by atoms with E-state index in [-0.39, 0.29) is 0 Å². The number of hydrogen-bond donors (Lipinski definition) is 0. The summed E-state index contributed by atoms with van der Waals surface area (Å²) in [5.41, 5.74) is 3.69. The minimum absolute atomic E-state index is 0.622. The van der Waals surface area contributed by atoms with Gasteiger partial charge in [-0.1, -0.05) is 0 Å². The highest BCUT2D eigenvalue weighted by Gasteiger charge is 2.09. The standard InChI is InChI=1S/C10H16N3O2/c1(4-13-5-8-14-9-6-13)7-15-10-2-3-11-12-10/h2-3H,1,4-9H2. The van der Waals surface area contributed by atoms with Gasteiger partial charge in [-0.05, 0) is 6.42 Å². The van der Waals surface area contributed by atoms with Gasteiger partial charge in [-0.3, -0.25) is 4.90 Å². The lowest BCUT2D eigenvalue weighted by Crippen LogP contribution is -2.37. The van der Waals surface area contributed by atoms with E-state index in [0.717, 1.165) is 39.3 Å². The zero-order valence-corrected chi connectivity index (χ0v) is 8.76. The van der Waals surface area contributed by atoms with Gasteiger partial charge in [0.15, 0.2) is 0 Å². The maximum Gasteiger partial charge on any atom is 0.234 e. The fraction of sp³-hybridized carbons (Fsp3) is 0.700. The van der Waals surface area contributed by atoms with Gasteiger partial charge < -0.3 is 9.47 Å². The van der Waals surface area contributed by atoms with Gasteiger partial charge in [0.1, 0.15) is 0 Å². The Morgan fingerprint density at radius 2 is 2.27 bits per heavy atom. The van der Waals surface area contributed by atoms with Crippen LogP contribution in [0.1, 0.15) is 6.42 Å². The van der Waals surface area contributed by atoms with Crippen molar-refractivity contribution in [2.45, 2.75) is 6.42 Å². The molecule has 1 radical (unpaired) electrons. The molecule has 5 nitrogen and oxygen atoms in total. The summed E-state index contributed by atoms with van der Waals surface area (Å²) in [5.74, 6) is 0.622. The van der Waals surface area contributed by atoms with Gasteiger partial charge in [-0.15, -0.1) is 5.10 Å². The largest absolute Gasteiger partial charge is 0.477 e. The van der Waals surface area contributed by atoms with Crippen molar-refractivity contribution in [2.24, 2.45) is 5.10 Å². The molecule has 0 aromatic heterocycles. The average molecular weight is 210 g/mol. The summed E-state index contributed by atoms with van der Waals surface area (Å²) in [5, 5.41) is 3.79. The SMILES string of the molecule is C1=CC(OCCCN2CCOCC2)=N[N]1. The van der Waals surface area contributed by atoms with Crippen molar-refractivity contribution in [3.8, 4) is 0 Å². The van der Waals surface area contributed by atoms with Gasteiger partial charge in [0.25, 0.3) is 0 Å². The molecule has 2 heterocycles. The molecule has 0 N–H and O–H groups in total. The smallest absolute Gasteiger partial charge is 0.234 e. The first-order valence-corrected chi connectivity index (χ1v) is 5.32. The summed E-state index contributed by atoms with van der Waals surface area (Å²) >= 11 is 0. The Hall–Kier alpha value is -1.07. The molecular weight excluding hydrogens is 194 g/mol. The Morgan fingerprint density at radius 1 is 1.40 bits per heavy atom. The third-order valence-electron chi connectivity index (χ3n) is 2.41. The van der Waals surface area contributed by atoms with Crippen LogP contribution in [0.3, 0.4) is 0 Å². The van der Waals surface area contributed by atoms with Crippen molar-refractivity contribution in [1.82, 2.24) is 10.3 Å². The molecule has 2 aliphatic heterocycles. The van der Waals surface area contributed by atoms with Gasteiger partial charge >= 0.3 is 0 Å². The highest BCUT2D eigenvalue weighted by molar-refractivity contribution is 5.88. The predicted molar refractivity (Wildman–Crippen MR) is 56.5 cm³/mol. The summed E-state index contributed by atoms with van der Waals surface area (Å²) < 4.78 is 10.7. The van der Waals surface area contributed by atoms with Crippen LogP contribution in [0.5, 0.6) is 0 Å². The van der Waals surface area contributed by atoms with E-state index in [2.05, 4.69) is 15.4 Å². The molecule has 0 atom stereocenters. The van der Waals surface area contributed by atoms with Gasteiger partial charge in [-0.2, -0.15) is 5.43 Å². The lowest BCUT2D eigenvalue weighted by Gasteiger charge is -2.26. The molecule has 2 rings (SSSR count). The first kappa shape index (κ1) is 10.4. The summed E-state index contributed by atoms with van der Waals surface area (Å²) in [4.78, 5) is 2.39. The van der Waals surface area contributed by atoms with Crippen LogP contribution in [0.15, 0.2) is 17.4 Å². The van der Waals surface area contributed by atoms with Crippen LogP contribution in [0.4, 0.5) is 0 Å². The third kappa shape index (κ3) is 3.53. The molecule has 15 heavy (non-hydrogen) atoms. The van der Waals surface area contributed by atoms with Crippen LogP contribution in [-0.4, -0.2) is 50.3 Å². The van der Waals surface area contributed by atoms with Crippen molar-refractivity contribution in [2.75, 3.05) is 39.5 Å². The van der Waals surface area contributed by atoms with Crippen molar-refractivity contribution >= 4 is 5.90 Å². The van der Waals surface area contributed by atoms with Crippen LogP contribution < -0.4 is 5.43 Å². The summed E-state index contributed by atoms with van der Waals surface area (Å²) in [7, 11) is 0. The normalized spacial score (nSPS) is 21.2. The number of rotatable bonds is 4. The lowest BCUT2D eigenvalue weighted by atomic mass is 10.3. The number of nitrogens with zero attached hydrogens (tertiary/aromatic N) is 3. The molecule has 0 saturated carbocycles. The lowest BCUT2D eigenvalue weighted by molar-refractivity contribution is 0.0356. The number of hydrogen-bond acceptors (Lipinski definition) is 4. The highest BCUT2D eigenvalue weighted by Crippen LogP contribution is 1.99. The molecular formula is C10H16N3O2. The Kier molecular flexibility index (Phi) is 3.99. The summed E-state index contributed by atoms with van der Waals surface area (Å²) in [6.07, 6.45) is 4.43. The molecule has 1 saturated heterocycles. The van der Waals surface area contributed by atoms with Crippen LogP contribution in [0.25, 0.3) is 0 Å². The Bertz CT molecular complexity index is 247. The topological polar surface area (TPSA) is 48.2 Å². The molecule has 0 aromatic rings. The zero-order chi connectivity index (χ0) is 10.3. The Labute approximate surface area is 89.7 Å². The van der Waals surface area contributed by atoms with E-state index < -0.39 is 0 Å². The first-order valence-electron chi connectivity index (χ1n) is 5.32. The molecule has 0 spiro atoms. The molecule has 1 fully saturated rings. The van der Waals surface area contributed by atoms with Gasteiger partial charge in [0.2, 0.25) is 5.90 Å². The minimum Gasteiger partial charge on any atom is -0.477 e. The number of morpholine rings is 1. The van der Waals surface area contributed by atoms with Crippen molar-refractivity contribution < 1.29 is 9.47 Å². The molecule has 0 bridgehead atoms. The van der Waals surface area contributed by atoms with Crippen molar-refractivity contribution in [3.05, 3.63) is 12.3 Å². The molecule has 2 aliphatic rings. The van der Waals surface area contributed by atoms with E-state index in [1.54, 1.807) is 12.3 Å². The van der Waals surface area contributed by atoms with E-state index >= 15 is 0 Å². The quantitative estimate of drug-likeness (QED) is 0.621. The molecule has 5 heteroatoms. The second-order valence-corrected chi connectivity index (χ2v) is 3.53. The van der Waals surface area contributed by atoms with E-state index in [9.17, 15) is 0 Å². The second-order valence-electron chi connectivity index (χ2n) is 3.53. The fourth-order valence-electron chi connectivity index (χ4n) is 1.59. The van der Waals surface area contributed by atoms with Crippen LogP contribution in [-0.2, 0) is 9.47 Å². The van der Waals surface area contributed by atoms with Crippen LogP contribution >= 0.6 is 0 Å². The van der Waals surface area contributed by atoms with Crippen LogP contribution in [0, 0.1) is 0 Å². The van der Waals surface area contributed by atoms with Gasteiger partial charge in [0, 0.05) is 25.7 Å². The summed E-state index contributed by atoms with van der Waals surface area (Å²) in [6.45, 7) is 5.56. The van der Waals surface area contributed by atoms with Crippen molar-refractivity contribution in [3.63, 3.8) is 0 Å². The predicted octanol–water partition coefficient (Wildman–Crippen LogP) is 0.171. The molecule has 0 aliphatic carbocycles. The zero-order valence-electron chi connectivity index (χ0n) is 8.76. The number of ether oxygens (including phenoxy) is 2. The molecule has 83 valence electrons. The van der Waals surface area contributed by atoms with E-state index in [4.69, 9.17) is 9.47 Å². The molecule has 0 aromatic carbocycles. The first-order chi connectivity index (χ1) is 7.45.